The van der Waals surface area contributed by atoms with Gasteiger partial charge in [-0.05, 0) is 0 Å². The van der Waals surface area contributed by atoms with Crippen LogP contribution >= 0.6 is 15.6 Å². The molecule has 0 aromatic carbocycles. The van der Waals surface area contributed by atoms with Crippen molar-refractivity contribution < 1.29 is 67.3 Å². The summed E-state index contributed by atoms with van der Waals surface area (Å²) in [7, 11) is -11.0. The molecule has 2 aliphatic heterocycles. The Kier molecular flexibility index (Phi) is 8.44. The van der Waals surface area contributed by atoms with Gasteiger partial charge in [-0.2, -0.15) is 9.29 Å². The molecule has 20 nitrogen and oxygen atoms in total. The smallest absolute Gasteiger partial charge is 0.387 e. The molecule has 39 heavy (non-hydrogen) atoms. The number of ether oxygens (including phenoxy) is 2. The molecule has 4 rings (SSSR count). The summed E-state index contributed by atoms with van der Waals surface area (Å²) in [5.74, 6) is -0.270. The zero-order valence-corrected chi connectivity index (χ0v) is 21.3. The standard InChI is InChI=1S/C17H25N5O15P2/c1-2-5-8(23)10(25)12(27)16(35-5)36-39(31,32)37-38(29,30)33-3-6-9(24)11(26)15(34-6)22-4-19-7-13(22)20-17(18)21-14(7)28/h2,4-6,8-12,15-16,23-27H,1,3H2,(H,29,30)(H,31,32)(H3,18,20,21,28)/t5-,6+,8+,9+,10+,11+,12-,15+,16+/m0/s1. The molecule has 2 saturated heterocycles. The zero-order valence-electron chi connectivity index (χ0n) is 19.5. The largest absolute Gasteiger partial charge is 0.483 e. The normalized spacial score (nSPS) is 36.4. The molecular formula is C17H25N5O15P2. The van der Waals surface area contributed by atoms with Crippen LogP contribution in [0, 0.1) is 0 Å². The molecule has 0 spiro atoms. The van der Waals surface area contributed by atoms with Gasteiger partial charge in [0.2, 0.25) is 5.95 Å². The van der Waals surface area contributed by atoms with E-state index in [9.17, 15) is 49.2 Å². The maximum atomic E-state index is 12.3. The predicted molar refractivity (Wildman–Crippen MR) is 123 cm³/mol. The number of rotatable bonds is 9. The molecule has 11 atom stereocenters. The van der Waals surface area contributed by atoms with Crippen LogP contribution < -0.4 is 11.3 Å². The third-order valence-electron chi connectivity index (χ3n) is 5.75. The van der Waals surface area contributed by atoms with Crippen LogP contribution in [-0.2, 0) is 32.0 Å². The fourth-order valence-electron chi connectivity index (χ4n) is 3.85. The topological polar surface area (TPSA) is 311 Å². The van der Waals surface area contributed by atoms with Gasteiger partial charge in [-0.25, -0.2) is 14.1 Å². The lowest BCUT2D eigenvalue weighted by Crippen LogP contribution is -2.57. The van der Waals surface area contributed by atoms with E-state index < -0.39 is 83.1 Å². The SMILES string of the molecule is C=C[C@@H]1O[C@H](OP(=O)(O)OP(=O)(O)OC[C@H]2O[C@@H](n3cnc4c(=O)[nH]c(N)nc43)[C@H](O)[C@@H]2O)[C@@H](O)[C@H](O)[C@@H]1O. The highest BCUT2D eigenvalue weighted by molar-refractivity contribution is 7.61. The number of aromatic nitrogens is 4. The number of phosphoric acid groups is 2. The fourth-order valence-corrected chi connectivity index (χ4v) is 6.01. The molecule has 2 unspecified atom stereocenters. The summed E-state index contributed by atoms with van der Waals surface area (Å²) in [5, 5.41) is 50.3. The second kappa shape index (κ2) is 11.0. The highest BCUT2D eigenvalue weighted by atomic mass is 31.3. The first-order valence-electron chi connectivity index (χ1n) is 10.9. The number of hydrogen-bond acceptors (Lipinski definition) is 16. The number of nitrogens with one attached hydrogen (secondary N) is 1. The van der Waals surface area contributed by atoms with Gasteiger partial charge in [0.05, 0.1) is 12.9 Å². The average molecular weight is 601 g/mol. The van der Waals surface area contributed by atoms with Crippen molar-refractivity contribution >= 4 is 32.8 Å². The van der Waals surface area contributed by atoms with Crippen LogP contribution in [0.2, 0.25) is 0 Å². The fraction of sp³-hybridized carbons (Fsp3) is 0.588. The summed E-state index contributed by atoms with van der Waals surface area (Å²) in [6.45, 7) is 2.35. The van der Waals surface area contributed by atoms with E-state index in [4.69, 9.17) is 15.2 Å². The summed E-state index contributed by atoms with van der Waals surface area (Å²) in [4.78, 5) is 41.7. The van der Waals surface area contributed by atoms with Crippen LogP contribution in [0.5, 0.6) is 0 Å². The average Bonchev–Trinajstić information content (AvgIpc) is 3.38. The monoisotopic (exact) mass is 601 g/mol. The van der Waals surface area contributed by atoms with E-state index in [-0.39, 0.29) is 17.1 Å². The summed E-state index contributed by atoms with van der Waals surface area (Å²) in [6, 6.07) is 0. The van der Waals surface area contributed by atoms with Gasteiger partial charge in [0, 0.05) is 0 Å². The zero-order chi connectivity index (χ0) is 28.9. The van der Waals surface area contributed by atoms with Gasteiger partial charge in [0.15, 0.2) is 23.7 Å². The van der Waals surface area contributed by atoms with Gasteiger partial charge in [-0.3, -0.25) is 23.4 Å². The number of fused-ring (bicyclic) bond motifs is 1. The Morgan fingerprint density at radius 1 is 1.08 bits per heavy atom. The molecule has 218 valence electrons. The van der Waals surface area contributed by atoms with Crippen LogP contribution in [-0.4, -0.2) is 110 Å². The number of imidazole rings is 1. The van der Waals surface area contributed by atoms with E-state index >= 15 is 0 Å². The number of aliphatic hydroxyl groups excluding tert-OH is 5. The van der Waals surface area contributed by atoms with Gasteiger partial charge < -0.3 is 50.5 Å². The number of nitrogens with two attached hydrogens (primary N) is 1. The molecule has 10 N–H and O–H groups in total. The molecule has 4 heterocycles. The molecule has 0 radical (unpaired) electrons. The molecule has 2 aromatic rings. The summed E-state index contributed by atoms with van der Waals surface area (Å²) < 4.78 is 49.4. The van der Waals surface area contributed by atoms with Crippen LogP contribution in [0.4, 0.5) is 5.95 Å². The molecule has 2 aromatic heterocycles. The van der Waals surface area contributed by atoms with E-state index in [0.29, 0.717) is 0 Å². The van der Waals surface area contributed by atoms with Gasteiger partial charge >= 0.3 is 15.6 Å². The number of anilines is 1. The maximum absolute atomic E-state index is 12.3. The van der Waals surface area contributed by atoms with E-state index in [1.165, 1.54) is 0 Å². The molecule has 0 aliphatic carbocycles. The van der Waals surface area contributed by atoms with Crippen molar-refractivity contribution in [1.29, 1.82) is 0 Å². The number of nitrogen functional groups attached to an aromatic ring is 1. The number of nitrogens with zero attached hydrogens (tertiary/aromatic N) is 3. The molecule has 2 fully saturated rings. The van der Waals surface area contributed by atoms with Crippen molar-refractivity contribution in [3.63, 3.8) is 0 Å². The second-order valence-corrected chi connectivity index (χ2v) is 11.4. The van der Waals surface area contributed by atoms with Gasteiger partial charge in [-0.15, -0.1) is 6.58 Å². The van der Waals surface area contributed by atoms with Gasteiger partial charge in [0.1, 0.15) is 42.7 Å². The van der Waals surface area contributed by atoms with E-state index in [1.807, 2.05) is 0 Å². The Balaban J connectivity index is 1.40. The Morgan fingerprint density at radius 2 is 1.77 bits per heavy atom. The van der Waals surface area contributed by atoms with Crippen molar-refractivity contribution in [2.75, 3.05) is 12.3 Å². The molecule has 0 amide bonds. The Labute approximate surface area is 217 Å². The van der Waals surface area contributed by atoms with E-state index in [1.54, 1.807) is 0 Å². The van der Waals surface area contributed by atoms with Crippen molar-refractivity contribution in [3.05, 3.63) is 29.3 Å². The number of phosphoric ester groups is 2. The molecule has 2 aliphatic rings. The quantitative estimate of drug-likeness (QED) is 0.0997. The second-order valence-electron chi connectivity index (χ2n) is 8.42. The minimum atomic E-state index is -5.55. The first-order valence-corrected chi connectivity index (χ1v) is 13.9. The van der Waals surface area contributed by atoms with Crippen molar-refractivity contribution in [3.8, 4) is 0 Å². The number of H-pyrrole nitrogens is 1. The molecular weight excluding hydrogens is 576 g/mol. The molecule has 22 heteroatoms. The number of hydrogen-bond donors (Lipinski definition) is 9. The highest BCUT2D eigenvalue weighted by Gasteiger charge is 2.49. The first-order chi connectivity index (χ1) is 18.1. The summed E-state index contributed by atoms with van der Waals surface area (Å²) >= 11 is 0. The van der Waals surface area contributed by atoms with Crippen molar-refractivity contribution in [1.82, 2.24) is 19.5 Å². The lowest BCUT2D eigenvalue weighted by Gasteiger charge is -2.39. The lowest BCUT2D eigenvalue weighted by molar-refractivity contribution is -0.264. The molecule has 0 bridgehead atoms. The summed E-state index contributed by atoms with van der Waals surface area (Å²) in [5.41, 5.74) is 4.58. The predicted octanol–water partition coefficient (Wildman–Crippen LogP) is -3.43. The third kappa shape index (κ3) is 6.14. The van der Waals surface area contributed by atoms with Crippen LogP contribution in [0.1, 0.15) is 6.23 Å². The van der Waals surface area contributed by atoms with Crippen LogP contribution in [0.3, 0.4) is 0 Å². The highest BCUT2D eigenvalue weighted by Crippen LogP contribution is 2.61. The lowest BCUT2D eigenvalue weighted by atomic mass is 9.99. The number of aromatic amines is 1. The van der Waals surface area contributed by atoms with Crippen molar-refractivity contribution in [2.45, 2.75) is 55.2 Å². The maximum Gasteiger partial charge on any atom is 0.483 e. The first kappa shape index (κ1) is 29.8. The molecule has 0 saturated carbocycles. The van der Waals surface area contributed by atoms with E-state index in [0.717, 1.165) is 17.0 Å². The third-order valence-corrected chi connectivity index (χ3v) is 8.35. The Bertz CT molecular complexity index is 1370. The summed E-state index contributed by atoms with van der Waals surface area (Å²) in [6.07, 6.45) is -13.3. The van der Waals surface area contributed by atoms with Crippen LogP contribution in [0.15, 0.2) is 23.8 Å². The van der Waals surface area contributed by atoms with Crippen LogP contribution in [0.25, 0.3) is 11.2 Å². The number of aliphatic hydroxyl groups is 5. The Hall–Kier alpha value is -2.13. The van der Waals surface area contributed by atoms with E-state index in [2.05, 4.69) is 34.9 Å². The Morgan fingerprint density at radius 3 is 2.44 bits per heavy atom. The van der Waals surface area contributed by atoms with Crippen molar-refractivity contribution in [2.24, 2.45) is 0 Å². The minimum absolute atomic E-state index is 0.105. The van der Waals surface area contributed by atoms with Gasteiger partial charge in [-0.1, -0.05) is 6.08 Å². The van der Waals surface area contributed by atoms with Gasteiger partial charge in [0.25, 0.3) is 5.56 Å². The minimum Gasteiger partial charge on any atom is -0.387 e.